The SMILES string of the molecule is CC12OC1CC1C3C4C5C6OC6C5C4C3C12. The van der Waals surface area contributed by atoms with Crippen LogP contribution in [0.25, 0.3) is 0 Å². The molecular weight excluding hydrogens is 200 g/mol. The lowest BCUT2D eigenvalue weighted by atomic mass is 9.24. The van der Waals surface area contributed by atoms with E-state index in [0.29, 0.717) is 11.7 Å². The highest BCUT2D eigenvalue weighted by atomic mass is 16.6. The summed E-state index contributed by atoms with van der Waals surface area (Å²) in [6, 6.07) is 0. The molecule has 0 spiro atoms. The zero-order valence-corrected chi connectivity index (χ0v) is 9.37. The van der Waals surface area contributed by atoms with E-state index in [1.807, 2.05) is 0 Å². The molecule has 0 aromatic rings. The molecule has 2 saturated heterocycles. The number of hydrogen-bond acceptors (Lipinski definition) is 2. The molecule has 0 aromatic heterocycles. The molecule has 2 heteroatoms. The van der Waals surface area contributed by atoms with Crippen molar-refractivity contribution in [2.45, 2.75) is 37.3 Å². The first kappa shape index (κ1) is 7.38. The van der Waals surface area contributed by atoms with Gasteiger partial charge in [0.1, 0.15) is 0 Å². The Morgan fingerprint density at radius 2 is 1.69 bits per heavy atom. The van der Waals surface area contributed by atoms with Crippen LogP contribution < -0.4 is 0 Å². The second-order valence-electron chi connectivity index (χ2n) is 7.75. The summed E-state index contributed by atoms with van der Waals surface area (Å²) in [4.78, 5) is 0. The van der Waals surface area contributed by atoms with Crippen LogP contribution in [0.3, 0.4) is 0 Å². The van der Waals surface area contributed by atoms with Crippen molar-refractivity contribution < 1.29 is 9.47 Å². The maximum Gasteiger partial charge on any atom is 0.0954 e. The molecule has 16 heavy (non-hydrogen) atoms. The van der Waals surface area contributed by atoms with Gasteiger partial charge in [-0.3, -0.25) is 0 Å². The summed E-state index contributed by atoms with van der Waals surface area (Å²) in [7, 11) is 0. The van der Waals surface area contributed by atoms with Gasteiger partial charge in [-0.25, -0.2) is 0 Å². The summed E-state index contributed by atoms with van der Waals surface area (Å²) in [6.07, 6.45) is 3.54. The molecule has 0 radical (unpaired) electrons. The first-order valence-corrected chi connectivity index (χ1v) is 7.14. The highest BCUT2D eigenvalue weighted by molar-refractivity contribution is 5.36. The maximum atomic E-state index is 5.92. The molecule has 7 fully saturated rings. The van der Waals surface area contributed by atoms with E-state index in [1.54, 1.807) is 0 Å². The Morgan fingerprint density at radius 1 is 0.938 bits per heavy atom. The first-order valence-electron chi connectivity index (χ1n) is 7.14. The van der Waals surface area contributed by atoms with Gasteiger partial charge in [0.2, 0.25) is 0 Å². The van der Waals surface area contributed by atoms with Crippen molar-refractivity contribution >= 4 is 0 Å². The molecule has 7 rings (SSSR count). The van der Waals surface area contributed by atoms with E-state index in [4.69, 9.17) is 9.47 Å². The molecule has 0 aromatic carbocycles. The van der Waals surface area contributed by atoms with Crippen LogP contribution in [-0.4, -0.2) is 23.9 Å². The summed E-state index contributed by atoms with van der Waals surface area (Å²) in [5.41, 5.74) is 0.343. The lowest BCUT2D eigenvalue weighted by molar-refractivity contribution is -0.332. The minimum atomic E-state index is 0.343. The lowest BCUT2D eigenvalue weighted by Crippen LogP contribution is -2.80. The molecule has 2 heterocycles. The summed E-state index contributed by atoms with van der Waals surface area (Å²) in [5.74, 6) is 8.45. The standard InChI is InChI=1S/C14H16O2/c1-14-4(16-14)2-3-5-6-7(8(5)11(3)14)10-9(6)12-13(10)15-12/h3-13H,2H2,1H3. The van der Waals surface area contributed by atoms with Crippen molar-refractivity contribution in [1.29, 1.82) is 0 Å². The van der Waals surface area contributed by atoms with Gasteiger partial charge in [0.05, 0.1) is 23.9 Å². The fourth-order valence-corrected chi connectivity index (χ4v) is 7.40. The Labute approximate surface area is 94.7 Å². The van der Waals surface area contributed by atoms with Crippen LogP contribution in [0.4, 0.5) is 0 Å². The van der Waals surface area contributed by atoms with Gasteiger partial charge < -0.3 is 9.47 Å². The zero-order valence-electron chi connectivity index (χ0n) is 9.37. The molecule has 0 bridgehead atoms. The van der Waals surface area contributed by atoms with E-state index < -0.39 is 0 Å². The highest BCUT2D eigenvalue weighted by Gasteiger charge is 2.90. The van der Waals surface area contributed by atoms with E-state index in [9.17, 15) is 0 Å². The van der Waals surface area contributed by atoms with Crippen molar-refractivity contribution in [3.63, 3.8) is 0 Å². The fourth-order valence-electron chi connectivity index (χ4n) is 7.40. The number of epoxide rings is 2. The van der Waals surface area contributed by atoms with Gasteiger partial charge in [-0.15, -0.1) is 0 Å². The van der Waals surface area contributed by atoms with Gasteiger partial charge in [-0.05, 0) is 60.7 Å². The van der Waals surface area contributed by atoms with Crippen LogP contribution in [0.5, 0.6) is 0 Å². The Bertz CT molecular complexity index is 453. The molecule has 2 aliphatic heterocycles. The maximum absolute atomic E-state index is 5.92. The largest absolute Gasteiger partial charge is 0.369 e. The van der Waals surface area contributed by atoms with Crippen molar-refractivity contribution in [2.24, 2.45) is 47.3 Å². The average Bonchev–Trinajstić information content (AvgIpc) is 3.04. The van der Waals surface area contributed by atoms with Crippen LogP contribution in [0.1, 0.15) is 13.3 Å². The first-order chi connectivity index (χ1) is 7.81. The third-order valence-corrected chi connectivity index (χ3v) is 7.93. The van der Waals surface area contributed by atoms with Crippen molar-refractivity contribution in [3.8, 4) is 0 Å². The van der Waals surface area contributed by atoms with Crippen molar-refractivity contribution in [1.82, 2.24) is 0 Å². The number of rotatable bonds is 0. The molecule has 12 atom stereocenters. The Balaban J connectivity index is 1.32. The van der Waals surface area contributed by atoms with Gasteiger partial charge in [0.25, 0.3) is 0 Å². The lowest BCUT2D eigenvalue weighted by Gasteiger charge is -2.79. The Morgan fingerprint density at radius 3 is 2.50 bits per heavy atom. The van der Waals surface area contributed by atoms with Crippen LogP contribution in [0.2, 0.25) is 0 Å². The third kappa shape index (κ3) is 0.437. The monoisotopic (exact) mass is 216 g/mol. The molecule has 2 nitrogen and oxygen atoms in total. The van der Waals surface area contributed by atoms with E-state index >= 15 is 0 Å². The molecule has 5 saturated carbocycles. The molecular formula is C14H16O2. The fraction of sp³-hybridized carbons (Fsp3) is 1.00. The molecule has 7 aliphatic rings. The third-order valence-electron chi connectivity index (χ3n) is 7.93. The van der Waals surface area contributed by atoms with Gasteiger partial charge in [-0.1, -0.05) is 0 Å². The van der Waals surface area contributed by atoms with Gasteiger partial charge in [0.15, 0.2) is 0 Å². The molecule has 0 N–H and O–H groups in total. The second kappa shape index (κ2) is 1.65. The average molecular weight is 216 g/mol. The van der Waals surface area contributed by atoms with E-state index in [1.165, 1.54) is 6.42 Å². The Kier molecular flexibility index (Phi) is 0.758. The number of fused-ring (bicyclic) bond motifs is 15. The summed E-state index contributed by atoms with van der Waals surface area (Å²) in [5, 5.41) is 0. The zero-order chi connectivity index (χ0) is 9.97. The Hall–Kier alpha value is -0.0800. The van der Waals surface area contributed by atoms with E-state index in [2.05, 4.69) is 6.92 Å². The predicted molar refractivity (Wildman–Crippen MR) is 54.5 cm³/mol. The van der Waals surface area contributed by atoms with Gasteiger partial charge in [0, 0.05) is 0 Å². The minimum Gasteiger partial charge on any atom is -0.369 e. The summed E-state index contributed by atoms with van der Waals surface area (Å²) in [6.45, 7) is 2.39. The number of ether oxygens (including phenoxy) is 2. The second-order valence-corrected chi connectivity index (χ2v) is 7.75. The molecule has 0 amide bonds. The van der Waals surface area contributed by atoms with Gasteiger partial charge >= 0.3 is 0 Å². The topological polar surface area (TPSA) is 25.1 Å². The van der Waals surface area contributed by atoms with Crippen LogP contribution in [0.15, 0.2) is 0 Å². The van der Waals surface area contributed by atoms with Gasteiger partial charge in [-0.2, -0.15) is 0 Å². The van der Waals surface area contributed by atoms with Crippen molar-refractivity contribution in [2.75, 3.05) is 0 Å². The van der Waals surface area contributed by atoms with Crippen molar-refractivity contribution in [3.05, 3.63) is 0 Å². The molecule has 12 unspecified atom stereocenters. The minimum absolute atomic E-state index is 0.343. The summed E-state index contributed by atoms with van der Waals surface area (Å²) < 4.78 is 11.7. The smallest absolute Gasteiger partial charge is 0.0954 e. The van der Waals surface area contributed by atoms with E-state index in [-0.39, 0.29) is 0 Å². The van der Waals surface area contributed by atoms with E-state index in [0.717, 1.165) is 59.6 Å². The van der Waals surface area contributed by atoms with Crippen LogP contribution in [-0.2, 0) is 9.47 Å². The number of hydrogen-bond donors (Lipinski definition) is 0. The summed E-state index contributed by atoms with van der Waals surface area (Å²) >= 11 is 0. The molecule has 5 aliphatic carbocycles. The predicted octanol–water partition coefficient (Wildman–Crippen LogP) is 1.30. The van der Waals surface area contributed by atoms with Crippen LogP contribution in [0, 0.1) is 47.3 Å². The molecule has 84 valence electrons. The quantitative estimate of drug-likeness (QED) is 0.450. The normalized spacial score (nSPS) is 90.9. The van der Waals surface area contributed by atoms with Crippen LogP contribution >= 0.6 is 0 Å². The highest BCUT2D eigenvalue weighted by Crippen LogP contribution is 2.87.